The Hall–Kier alpha value is -2.65. The van der Waals surface area contributed by atoms with Gasteiger partial charge in [0.1, 0.15) is 10.8 Å². The second-order valence-electron chi connectivity index (χ2n) is 7.49. The first-order valence-corrected chi connectivity index (χ1v) is 13.0. The van der Waals surface area contributed by atoms with Crippen molar-refractivity contribution in [1.82, 2.24) is 10.3 Å². The molecule has 180 valence electrons. The highest BCUT2D eigenvalue weighted by Crippen LogP contribution is 2.39. The zero-order chi connectivity index (χ0) is 25.4. The quantitative estimate of drug-likeness (QED) is 0.204. The van der Waals surface area contributed by atoms with Crippen molar-refractivity contribution in [1.29, 1.82) is 0 Å². The van der Waals surface area contributed by atoms with Gasteiger partial charge in [-0.3, -0.25) is 10.1 Å². The predicted octanol–water partition coefficient (Wildman–Crippen LogP) is 8.96. The summed E-state index contributed by atoms with van der Waals surface area (Å²) >= 11 is 32.0. The number of nitrogens with zero attached hydrogens (tertiary/aromatic N) is 1. The molecule has 3 aromatic carbocycles. The van der Waals surface area contributed by atoms with Crippen molar-refractivity contribution in [2.24, 2.45) is 0 Å². The van der Waals surface area contributed by atoms with Gasteiger partial charge in [0.25, 0.3) is 5.91 Å². The Balaban J connectivity index is 1.33. The fourth-order valence-electron chi connectivity index (χ4n) is 3.41. The lowest BCUT2D eigenvalue weighted by Gasteiger charge is -2.12. The Bertz CT molecular complexity index is 1610. The number of anilines is 1. The number of thiazole rings is 1. The van der Waals surface area contributed by atoms with Gasteiger partial charge in [0.05, 0.1) is 31.0 Å². The monoisotopic (exact) mass is 591 g/mol. The largest absolute Gasteiger partial charge is 0.451 e. The van der Waals surface area contributed by atoms with E-state index in [1.165, 1.54) is 17.4 Å². The number of hydrogen-bond acceptors (Lipinski definition) is 5. The molecule has 0 aliphatic heterocycles. The molecule has 11 heteroatoms. The number of thiocarbonyl (C=S) groups is 1. The number of carbonyl (C=O) groups is 1. The van der Waals surface area contributed by atoms with E-state index in [4.69, 9.17) is 63.0 Å². The number of amides is 1. The molecule has 2 N–H and O–H groups in total. The summed E-state index contributed by atoms with van der Waals surface area (Å²) < 4.78 is 6.71. The molecule has 1 amide bonds. The summed E-state index contributed by atoms with van der Waals surface area (Å²) in [5.74, 6) is -0.108. The van der Waals surface area contributed by atoms with Crippen LogP contribution in [0.3, 0.4) is 0 Å². The molecule has 36 heavy (non-hydrogen) atoms. The minimum atomic E-state index is -0.548. The third-order valence-corrected chi connectivity index (χ3v) is 7.54. The number of rotatable bonds is 4. The highest BCUT2D eigenvalue weighted by Gasteiger charge is 2.18. The Morgan fingerprint density at radius 1 is 0.889 bits per heavy atom. The van der Waals surface area contributed by atoms with Crippen LogP contribution in [-0.2, 0) is 0 Å². The lowest BCUT2D eigenvalue weighted by Crippen LogP contribution is -2.34. The average Bonchev–Trinajstić information content (AvgIpc) is 3.50. The number of aromatic nitrogens is 1. The van der Waals surface area contributed by atoms with Crippen molar-refractivity contribution in [2.75, 3.05) is 5.32 Å². The molecular formula is C25H13Cl4N3O2S2. The molecule has 2 heterocycles. The SMILES string of the molecule is O=C(NC(=S)Nc1cc(-c2nc3ccccc3s2)c(Cl)cc1Cl)c1ccc(-c2cc(Cl)ccc2Cl)o1. The standard InChI is InChI=1S/C25H13Cl4N3O2S2/c26-12-5-6-15(27)13(9-12)20-7-8-21(34-20)23(33)32-25(35)31-19-10-14(16(28)11-17(19)29)24-30-18-3-1-2-4-22(18)36-24/h1-11H,(H2,31,32,33,35). The number of halogens is 4. The van der Waals surface area contributed by atoms with Crippen LogP contribution in [0.1, 0.15) is 10.6 Å². The number of hydrogen-bond donors (Lipinski definition) is 2. The van der Waals surface area contributed by atoms with Gasteiger partial charge in [0.15, 0.2) is 10.9 Å². The van der Waals surface area contributed by atoms with Gasteiger partial charge in [-0.15, -0.1) is 11.3 Å². The molecule has 5 rings (SSSR count). The molecule has 0 unspecified atom stereocenters. The minimum Gasteiger partial charge on any atom is -0.451 e. The highest BCUT2D eigenvalue weighted by molar-refractivity contribution is 7.80. The van der Waals surface area contributed by atoms with Gasteiger partial charge >= 0.3 is 0 Å². The molecule has 0 spiro atoms. The maximum absolute atomic E-state index is 12.7. The number of para-hydroxylation sites is 1. The maximum Gasteiger partial charge on any atom is 0.293 e. The van der Waals surface area contributed by atoms with Crippen molar-refractivity contribution in [3.63, 3.8) is 0 Å². The molecular weight excluding hydrogens is 580 g/mol. The van der Waals surface area contributed by atoms with E-state index in [9.17, 15) is 4.79 Å². The van der Waals surface area contributed by atoms with Gasteiger partial charge < -0.3 is 9.73 Å². The molecule has 0 saturated heterocycles. The number of carbonyl (C=O) groups excluding carboxylic acids is 1. The topological polar surface area (TPSA) is 67.2 Å². The van der Waals surface area contributed by atoms with E-state index in [0.717, 1.165) is 15.2 Å². The van der Waals surface area contributed by atoms with E-state index in [-0.39, 0.29) is 10.9 Å². The third kappa shape index (κ3) is 5.22. The Labute approximate surface area is 235 Å². The van der Waals surface area contributed by atoms with Crippen molar-refractivity contribution in [2.45, 2.75) is 0 Å². The zero-order valence-electron chi connectivity index (χ0n) is 17.9. The first-order valence-electron chi connectivity index (χ1n) is 10.3. The normalized spacial score (nSPS) is 11.0. The Morgan fingerprint density at radius 3 is 2.50 bits per heavy atom. The van der Waals surface area contributed by atoms with Crippen LogP contribution in [-0.4, -0.2) is 16.0 Å². The number of furan rings is 1. The Kier molecular flexibility index (Phi) is 7.21. The molecule has 5 aromatic rings. The molecule has 0 aliphatic rings. The van der Waals surface area contributed by atoms with Crippen molar-refractivity contribution < 1.29 is 9.21 Å². The highest BCUT2D eigenvalue weighted by atomic mass is 35.5. The first-order chi connectivity index (χ1) is 17.3. The number of fused-ring (bicyclic) bond motifs is 1. The van der Waals surface area contributed by atoms with Crippen LogP contribution in [0.15, 0.2) is 71.1 Å². The maximum atomic E-state index is 12.7. The van der Waals surface area contributed by atoms with E-state index in [2.05, 4.69) is 15.6 Å². The van der Waals surface area contributed by atoms with Gasteiger partial charge in [-0.2, -0.15) is 0 Å². The van der Waals surface area contributed by atoms with Crippen LogP contribution in [0.5, 0.6) is 0 Å². The zero-order valence-corrected chi connectivity index (χ0v) is 22.6. The summed E-state index contributed by atoms with van der Waals surface area (Å²) in [6, 6.07) is 19.3. The van der Waals surface area contributed by atoms with Crippen LogP contribution in [0, 0.1) is 0 Å². The molecule has 0 aliphatic carbocycles. The van der Waals surface area contributed by atoms with Crippen molar-refractivity contribution in [3.05, 3.63) is 92.6 Å². The Morgan fingerprint density at radius 2 is 1.69 bits per heavy atom. The van der Waals surface area contributed by atoms with Crippen LogP contribution in [0.25, 0.3) is 32.1 Å². The molecule has 0 fully saturated rings. The smallest absolute Gasteiger partial charge is 0.293 e. The molecule has 2 aromatic heterocycles. The van der Waals surface area contributed by atoms with Crippen LogP contribution in [0.2, 0.25) is 20.1 Å². The van der Waals surface area contributed by atoms with Crippen LogP contribution in [0.4, 0.5) is 5.69 Å². The fraction of sp³-hybridized carbons (Fsp3) is 0. The van der Waals surface area contributed by atoms with Gasteiger partial charge in [0.2, 0.25) is 0 Å². The van der Waals surface area contributed by atoms with Crippen LogP contribution >= 0.6 is 70.0 Å². The molecule has 0 atom stereocenters. The van der Waals surface area contributed by atoms with E-state index in [1.54, 1.807) is 36.4 Å². The number of benzene rings is 3. The molecule has 0 saturated carbocycles. The van der Waals surface area contributed by atoms with Gasteiger partial charge in [-0.1, -0.05) is 58.5 Å². The van der Waals surface area contributed by atoms with Gasteiger partial charge in [-0.05, 0) is 66.8 Å². The summed E-state index contributed by atoms with van der Waals surface area (Å²) in [5.41, 5.74) is 2.59. The molecule has 0 bridgehead atoms. The average molecular weight is 593 g/mol. The van der Waals surface area contributed by atoms with E-state index >= 15 is 0 Å². The summed E-state index contributed by atoms with van der Waals surface area (Å²) in [7, 11) is 0. The van der Waals surface area contributed by atoms with Crippen molar-refractivity contribution in [3.8, 4) is 21.9 Å². The van der Waals surface area contributed by atoms with E-state index in [1.807, 2.05) is 24.3 Å². The first kappa shape index (κ1) is 25.0. The lowest BCUT2D eigenvalue weighted by atomic mass is 10.2. The van der Waals surface area contributed by atoms with Gasteiger partial charge in [-0.25, -0.2) is 4.98 Å². The van der Waals surface area contributed by atoms with Gasteiger partial charge in [0, 0.05) is 16.1 Å². The van der Waals surface area contributed by atoms with Crippen LogP contribution < -0.4 is 10.6 Å². The molecule has 5 nitrogen and oxygen atoms in total. The van der Waals surface area contributed by atoms with E-state index < -0.39 is 5.91 Å². The summed E-state index contributed by atoms with van der Waals surface area (Å²) in [5, 5.41) is 8.00. The second kappa shape index (κ2) is 10.4. The summed E-state index contributed by atoms with van der Waals surface area (Å²) in [4.78, 5) is 17.4. The summed E-state index contributed by atoms with van der Waals surface area (Å²) in [6.45, 7) is 0. The summed E-state index contributed by atoms with van der Waals surface area (Å²) in [6.07, 6.45) is 0. The molecule has 0 radical (unpaired) electrons. The van der Waals surface area contributed by atoms with Crippen molar-refractivity contribution >= 4 is 96.9 Å². The van der Waals surface area contributed by atoms with E-state index in [0.29, 0.717) is 42.7 Å². The minimum absolute atomic E-state index is 0.0261. The second-order valence-corrected chi connectivity index (χ2v) is 10.6. The third-order valence-electron chi connectivity index (χ3n) is 5.08. The number of nitrogens with one attached hydrogen (secondary N) is 2. The fourth-order valence-corrected chi connectivity index (χ4v) is 5.56. The lowest BCUT2D eigenvalue weighted by molar-refractivity contribution is 0.0951. The predicted molar refractivity (Wildman–Crippen MR) is 153 cm³/mol.